The SMILES string of the molecule is O=c1c2ccccc2ccc2c(SC(F)(F)F)cccc12. The number of fused-ring (bicyclic) bond motifs is 2. The first-order valence-corrected chi connectivity index (χ1v) is 6.98. The quantitative estimate of drug-likeness (QED) is 0.591. The smallest absolute Gasteiger partial charge is 0.289 e. The lowest BCUT2D eigenvalue weighted by Crippen LogP contribution is -2.01. The van der Waals surface area contributed by atoms with E-state index in [1.165, 1.54) is 12.1 Å². The Morgan fingerprint density at radius 3 is 2.24 bits per heavy atom. The van der Waals surface area contributed by atoms with Crippen molar-refractivity contribution in [2.45, 2.75) is 10.4 Å². The number of hydrogen-bond acceptors (Lipinski definition) is 2. The number of benzene rings is 2. The Labute approximate surface area is 122 Å². The molecule has 1 nitrogen and oxygen atoms in total. The van der Waals surface area contributed by atoms with E-state index in [2.05, 4.69) is 0 Å². The predicted molar refractivity (Wildman–Crippen MR) is 79.6 cm³/mol. The Morgan fingerprint density at radius 2 is 1.48 bits per heavy atom. The zero-order valence-electron chi connectivity index (χ0n) is 10.6. The van der Waals surface area contributed by atoms with Crippen molar-refractivity contribution in [1.29, 1.82) is 0 Å². The van der Waals surface area contributed by atoms with Crippen molar-refractivity contribution in [3.63, 3.8) is 0 Å². The highest BCUT2D eigenvalue weighted by Crippen LogP contribution is 2.39. The maximum absolute atomic E-state index is 12.6. The van der Waals surface area contributed by atoms with Crippen LogP contribution in [0.4, 0.5) is 13.2 Å². The highest BCUT2D eigenvalue weighted by Gasteiger charge is 2.30. The molecule has 0 N–H and O–H groups in total. The molecule has 0 atom stereocenters. The third-order valence-electron chi connectivity index (χ3n) is 3.17. The second-order valence-electron chi connectivity index (χ2n) is 4.51. The van der Waals surface area contributed by atoms with Crippen molar-refractivity contribution in [1.82, 2.24) is 0 Å². The summed E-state index contributed by atoms with van der Waals surface area (Å²) in [5, 5.41) is 1.83. The number of halogens is 3. The Hall–Kier alpha value is -2.01. The highest BCUT2D eigenvalue weighted by molar-refractivity contribution is 8.00. The summed E-state index contributed by atoms with van der Waals surface area (Å²) in [6.07, 6.45) is 0. The molecule has 3 aromatic rings. The Kier molecular flexibility index (Phi) is 3.37. The minimum atomic E-state index is -4.38. The van der Waals surface area contributed by atoms with Gasteiger partial charge in [0.15, 0.2) is 5.43 Å². The molecule has 0 aliphatic carbocycles. The fourth-order valence-corrected chi connectivity index (χ4v) is 2.98. The van der Waals surface area contributed by atoms with E-state index in [4.69, 9.17) is 0 Å². The van der Waals surface area contributed by atoms with Crippen molar-refractivity contribution >= 4 is 33.3 Å². The van der Waals surface area contributed by atoms with Gasteiger partial charge in [0.2, 0.25) is 0 Å². The zero-order valence-corrected chi connectivity index (χ0v) is 11.5. The summed E-state index contributed by atoms with van der Waals surface area (Å²) in [7, 11) is 0. The van der Waals surface area contributed by atoms with Crippen LogP contribution in [-0.4, -0.2) is 5.51 Å². The monoisotopic (exact) mass is 306 g/mol. The fourth-order valence-electron chi connectivity index (χ4n) is 2.29. The molecule has 0 aromatic heterocycles. The van der Waals surface area contributed by atoms with Crippen LogP contribution in [0.1, 0.15) is 0 Å². The van der Waals surface area contributed by atoms with E-state index >= 15 is 0 Å². The summed E-state index contributed by atoms with van der Waals surface area (Å²) >= 11 is -0.198. The van der Waals surface area contributed by atoms with Gasteiger partial charge in [-0.05, 0) is 28.6 Å². The standard InChI is InChI=1S/C16H9F3OS/c17-16(18,19)21-14-7-3-6-13-12(14)9-8-10-4-1-2-5-11(10)15(13)20/h1-9H. The summed E-state index contributed by atoms with van der Waals surface area (Å²) < 4.78 is 37.9. The minimum Gasteiger partial charge on any atom is -0.289 e. The first kappa shape index (κ1) is 13.9. The second kappa shape index (κ2) is 5.07. The number of hydrogen-bond donors (Lipinski definition) is 0. The molecule has 3 aromatic carbocycles. The highest BCUT2D eigenvalue weighted by atomic mass is 32.2. The average molecular weight is 306 g/mol. The van der Waals surface area contributed by atoms with Crippen LogP contribution in [-0.2, 0) is 0 Å². The second-order valence-corrected chi connectivity index (χ2v) is 5.62. The molecule has 0 amide bonds. The van der Waals surface area contributed by atoms with Gasteiger partial charge < -0.3 is 0 Å². The van der Waals surface area contributed by atoms with Gasteiger partial charge in [0.1, 0.15) is 0 Å². The van der Waals surface area contributed by atoms with Gasteiger partial charge >= 0.3 is 5.51 Å². The molecule has 0 heterocycles. The summed E-state index contributed by atoms with van der Waals surface area (Å²) in [5.74, 6) is 0. The predicted octanol–water partition coefficient (Wildman–Crippen LogP) is 4.97. The van der Waals surface area contributed by atoms with Crippen LogP contribution in [0.3, 0.4) is 0 Å². The molecule has 0 spiro atoms. The van der Waals surface area contributed by atoms with Gasteiger partial charge in [-0.25, -0.2) is 0 Å². The van der Waals surface area contributed by atoms with Crippen molar-refractivity contribution in [2.24, 2.45) is 0 Å². The Balaban J connectivity index is 2.41. The van der Waals surface area contributed by atoms with Crippen molar-refractivity contribution in [2.75, 3.05) is 0 Å². The van der Waals surface area contributed by atoms with E-state index < -0.39 is 5.51 Å². The van der Waals surface area contributed by atoms with Gasteiger partial charge in [-0.3, -0.25) is 4.79 Å². The first-order valence-electron chi connectivity index (χ1n) is 6.16. The molecule has 0 bridgehead atoms. The molecule has 5 heteroatoms. The molecule has 0 aliphatic heterocycles. The molecule has 0 saturated heterocycles. The van der Waals surface area contributed by atoms with E-state index in [0.717, 1.165) is 0 Å². The maximum atomic E-state index is 12.6. The van der Waals surface area contributed by atoms with E-state index in [1.54, 1.807) is 42.5 Å². The number of rotatable bonds is 1. The Morgan fingerprint density at radius 1 is 0.762 bits per heavy atom. The molecule has 0 radical (unpaired) electrons. The van der Waals surface area contributed by atoms with Gasteiger partial charge in [-0.1, -0.05) is 48.5 Å². The molecule has 0 unspecified atom stereocenters. The van der Waals surface area contributed by atoms with Gasteiger partial charge in [-0.15, -0.1) is 0 Å². The van der Waals surface area contributed by atoms with Gasteiger partial charge in [0.05, 0.1) is 0 Å². The average Bonchev–Trinajstić information content (AvgIpc) is 2.57. The van der Waals surface area contributed by atoms with Gasteiger partial charge in [-0.2, -0.15) is 13.2 Å². The summed E-state index contributed by atoms with van der Waals surface area (Å²) in [6.45, 7) is 0. The molecule has 0 aliphatic rings. The molecule has 0 fully saturated rings. The van der Waals surface area contributed by atoms with Crippen molar-refractivity contribution < 1.29 is 13.2 Å². The third kappa shape index (κ3) is 2.74. The molecule has 21 heavy (non-hydrogen) atoms. The van der Waals surface area contributed by atoms with Crippen LogP contribution < -0.4 is 5.43 Å². The topological polar surface area (TPSA) is 17.1 Å². The van der Waals surface area contributed by atoms with Crippen LogP contribution in [0, 0.1) is 0 Å². The van der Waals surface area contributed by atoms with E-state index in [-0.39, 0.29) is 22.1 Å². The van der Waals surface area contributed by atoms with Crippen LogP contribution in [0.5, 0.6) is 0 Å². The van der Waals surface area contributed by atoms with Crippen LogP contribution in [0.15, 0.2) is 64.3 Å². The fraction of sp³-hybridized carbons (Fsp3) is 0.0625. The largest absolute Gasteiger partial charge is 0.446 e. The molecule has 0 saturated carbocycles. The lowest BCUT2D eigenvalue weighted by atomic mass is 10.1. The summed E-state index contributed by atoms with van der Waals surface area (Å²) in [5.41, 5.74) is -4.64. The molecule has 106 valence electrons. The molecule has 3 rings (SSSR count). The van der Waals surface area contributed by atoms with Gasteiger partial charge in [0, 0.05) is 15.7 Å². The normalized spacial score (nSPS) is 12.0. The number of thioether (sulfide) groups is 1. The first-order chi connectivity index (χ1) is 9.96. The zero-order chi connectivity index (χ0) is 15.0. The van der Waals surface area contributed by atoms with Gasteiger partial charge in [0.25, 0.3) is 0 Å². The van der Waals surface area contributed by atoms with Crippen LogP contribution in [0.2, 0.25) is 0 Å². The van der Waals surface area contributed by atoms with Crippen molar-refractivity contribution in [3.05, 3.63) is 64.8 Å². The Bertz CT molecular complexity index is 887. The number of alkyl halides is 3. The molecular formula is C16H9F3OS. The third-order valence-corrected chi connectivity index (χ3v) is 3.98. The molecular weight excluding hydrogens is 297 g/mol. The lowest BCUT2D eigenvalue weighted by molar-refractivity contribution is -0.0327. The van der Waals surface area contributed by atoms with E-state index in [9.17, 15) is 18.0 Å². The maximum Gasteiger partial charge on any atom is 0.446 e. The van der Waals surface area contributed by atoms with Crippen LogP contribution in [0.25, 0.3) is 21.5 Å². The lowest BCUT2D eigenvalue weighted by Gasteiger charge is -2.06. The summed E-state index contributed by atoms with van der Waals surface area (Å²) in [6, 6.07) is 14.7. The van der Waals surface area contributed by atoms with Crippen LogP contribution >= 0.6 is 11.8 Å². The van der Waals surface area contributed by atoms with E-state index in [0.29, 0.717) is 21.5 Å². The minimum absolute atomic E-state index is 0.0393. The van der Waals surface area contributed by atoms with E-state index in [1.807, 2.05) is 0 Å². The van der Waals surface area contributed by atoms with Crippen molar-refractivity contribution in [3.8, 4) is 0 Å². The summed E-state index contributed by atoms with van der Waals surface area (Å²) in [4.78, 5) is 12.6.